The summed E-state index contributed by atoms with van der Waals surface area (Å²) in [6, 6.07) is 3.41. The average Bonchev–Trinajstić information content (AvgIpc) is 2.56. The molecule has 138 valence electrons. The Kier molecular flexibility index (Phi) is 4.21. The topological polar surface area (TPSA) is 75.7 Å². The summed E-state index contributed by atoms with van der Waals surface area (Å²) >= 11 is 0. The molecular weight excluding hydrogens is 338 g/mol. The second kappa shape index (κ2) is 6.04. The minimum Gasteiger partial charge on any atom is -1.00 e. The molecule has 0 radical (unpaired) electrons. The van der Waals surface area contributed by atoms with E-state index in [9.17, 15) is 10.2 Å². The smallest absolute Gasteiger partial charge is 0.161 e. The van der Waals surface area contributed by atoms with E-state index in [1.807, 2.05) is 6.07 Å². The van der Waals surface area contributed by atoms with Crippen LogP contribution in [0.25, 0.3) is 0 Å². The lowest BCUT2D eigenvalue weighted by atomic mass is 9.47. The number of ether oxygens (including phenoxy) is 1. The molecule has 4 fully saturated rings. The molecule has 0 saturated heterocycles. The van der Waals surface area contributed by atoms with Crippen molar-refractivity contribution in [3.63, 3.8) is 0 Å². The highest BCUT2D eigenvalue weighted by molar-refractivity contribution is 5.51. The van der Waals surface area contributed by atoms with Gasteiger partial charge in [-0.2, -0.15) is 0 Å². The average molecular weight is 365 g/mol. The van der Waals surface area contributed by atoms with E-state index in [1.54, 1.807) is 6.07 Å². The quantitative estimate of drug-likeness (QED) is 0.658. The molecule has 25 heavy (non-hydrogen) atoms. The van der Waals surface area contributed by atoms with Gasteiger partial charge in [-0.3, -0.25) is 0 Å². The molecule has 0 unspecified atom stereocenters. The van der Waals surface area contributed by atoms with Gasteiger partial charge in [0, 0.05) is 18.5 Å². The van der Waals surface area contributed by atoms with Crippen LogP contribution in [0.5, 0.6) is 11.5 Å². The van der Waals surface area contributed by atoms with Crippen molar-refractivity contribution in [1.29, 1.82) is 0 Å². The summed E-state index contributed by atoms with van der Waals surface area (Å²) in [6.45, 7) is 0.417. The molecule has 4 bridgehead atoms. The number of halogens is 1. The molecule has 1 aromatic rings. The molecule has 0 spiro atoms. The van der Waals surface area contributed by atoms with Crippen molar-refractivity contribution in [2.75, 3.05) is 6.54 Å². The van der Waals surface area contributed by atoms with E-state index in [4.69, 9.17) is 10.5 Å². The van der Waals surface area contributed by atoms with Gasteiger partial charge in [-0.15, -0.1) is 0 Å². The van der Waals surface area contributed by atoms with Crippen molar-refractivity contribution in [2.45, 2.75) is 57.2 Å². The molecule has 4 nitrogen and oxygen atoms in total. The van der Waals surface area contributed by atoms with Crippen molar-refractivity contribution in [3.8, 4) is 11.5 Å². The Morgan fingerprint density at radius 2 is 1.64 bits per heavy atom. The first kappa shape index (κ1) is 17.4. The van der Waals surface area contributed by atoms with Crippen molar-refractivity contribution in [2.24, 2.45) is 28.9 Å². The Hall–Kier alpha value is -0.970. The number of nitrogens with two attached hydrogens (primary N) is 1. The lowest BCUT2D eigenvalue weighted by Gasteiger charge is -2.60. The maximum atomic E-state index is 10.4. The van der Waals surface area contributed by atoms with Gasteiger partial charge in [0.2, 0.25) is 0 Å². The molecule has 4 N–H and O–H groups in total. The summed E-state index contributed by atoms with van der Waals surface area (Å²) in [4.78, 5) is 0. The first-order valence-electron chi connectivity index (χ1n) is 9.47. The third kappa shape index (κ3) is 2.56. The molecule has 1 heterocycles. The van der Waals surface area contributed by atoms with Crippen LogP contribution in [0.15, 0.2) is 12.1 Å². The third-order valence-electron chi connectivity index (χ3n) is 7.35. The van der Waals surface area contributed by atoms with E-state index >= 15 is 0 Å². The maximum Gasteiger partial charge on any atom is 0.161 e. The number of aromatic hydroxyl groups is 2. The van der Waals surface area contributed by atoms with E-state index < -0.39 is 0 Å². The number of hydrogen-bond donors (Lipinski definition) is 3. The van der Waals surface area contributed by atoms with Crippen molar-refractivity contribution >= 4 is 0 Å². The molecule has 4 saturated carbocycles. The van der Waals surface area contributed by atoms with Crippen LogP contribution in [0, 0.1) is 23.2 Å². The Balaban J connectivity index is 0.00000157. The first-order chi connectivity index (χ1) is 11.6. The van der Waals surface area contributed by atoms with Crippen LogP contribution in [0.3, 0.4) is 0 Å². The van der Waals surface area contributed by atoms with Gasteiger partial charge in [0.25, 0.3) is 0 Å². The molecular formula is C20H27ClNO3-. The van der Waals surface area contributed by atoms with Crippen LogP contribution in [0.4, 0.5) is 0 Å². The fourth-order valence-electron chi connectivity index (χ4n) is 6.78. The van der Waals surface area contributed by atoms with Gasteiger partial charge in [-0.25, -0.2) is 0 Å². The number of benzene rings is 1. The van der Waals surface area contributed by atoms with Crippen LogP contribution in [0.2, 0.25) is 0 Å². The molecule has 0 amide bonds. The Bertz CT molecular complexity index is 642. The van der Waals surface area contributed by atoms with E-state index in [0.29, 0.717) is 13.0 Å². The van der Waals surface area contributed by atoms with Gasteiger partial charge >= 0.3 is 0 Å². The minimum atomic E-state index is -0.168. The molecule has 5 heteroatoms. The SMILES string of the molecule is NC[C@@H]1O[C@H](C23CC4CC(CC(C4)C2)C3)Cc2c1ccc(O)c2O.[Cl-]. The normalized spacial score (nSPS) is 41.2. The summed E-state index contributed by atoms with van der Waals surface area (Å²) in [6.07, 6.45) is 8.72. The van der Waals surface area contributed by atoms with E-state index in [0.717, 1.165) is 28.9 Å². The van der Waals surface area contributed by atoms with Gasteiger partial charge < -0.3 is 33.1 Å². The lowest BCUT2D eigenvalue weighted by Crippen LogP contribution is -3.00. The zero-order chi connectivity index (χ0) is 16.5. The first-order valence-corrected chi connectivity index (χ1v) is 9.47. The minimum absolute atomic E-state index is 0. The van der Waals surface area contributed by atoms with Gasteiger partial charge in [0.1, 0.15) is 0 Å². The summed E-state index contributed by atoms with van der Waals surface area (Å²) in [5, 5.41) is 20.3. The van der Waals surface area contributed by atoms with Crippen molar-refractivity contribution in [3.05, 3.63) is 23.3 Å². The zero-order valence-electron chi connectivity index (χ0n) is 14.5. The second-order valence-electron chi connectivity index (χ2n) is 8.83. The van der Waals surface area contributed by atoms with Crippen LogP contribution in [0.1, 0.15) is 55.8 Å². The number of phenols is 2. The summed E-state index contributed by atoms with van der Waals surface area (Å²) < 4.78 is 6.52. The fourth-order valence-corrected chi connectivity index (χ4v) is 6.78. The Labute approximate surface area is 155 Å². The summed E-state index contributed by atoms with van der Waals surface area (Å²) in [7, 11) is 0. The predicted octanol–water partition coefficient (Wildman–Crippen LogP) is 0.259. The van der Waals surface area contributed by atoms with Crippen molar-refractivity contribution in [1.82, 2.24) is 0 Å². The highest BCUT2D eigenvalue weighted by atomic mass is 35.5. The van der Waals surface area contributed by atoms with E-state index in [-0.39, 0.29) is 41.5 Å². The Morgan fingerprint density at radius 3 is 2.20 bits per heavy atom. The van der Waals surface area contributed by atoms with Gasteiger partial charge in [0.15, 0.2) is 11.5 Å². The second-order valence-corrected chi connectivity index (χ2v) is 8.83. The monoisotopic (exact) mass is 364 g/mol. The van der Waals surface area contributed by atoms with Crippen molar-refractivity contribution < 1.29 is 27.4 Å². The highest BCUT2D eigenvalue weighted by Gasteiger charge is 2.55. The third-order valence-corrected chi connectivity index (χ3v) is 7.35. The molecule has 5 aliphatic rings. The van der Waals surface area contributed by atoms with E-state index in [2.05, 4.69) is 0 Å². The number of rotatable bonds is 2. The fraction of sp³-hybridized carbons (Fsp3) is 0.700. The van der Waals surface area contributed by atoms with E-state index in [1.165, 1.54) is 38.5 Å². The molecule has 0 aromatic heterocycles. The highest BCUT2D eigenvalue weighted by Crippen LogP contribution is 2.63. The van der Waals surface area contributed by atoms with Crippen LogP contribution >= 0.6 is 0 Å². The molecule has 6 rings (SSSR count). The largest absolute Gasteiger partial charge is 1.00 e. The van der Waals surface area contributed by atoms with Gasteiger partial charge in [0.05, 0.1) is 12.2 Å². The summed E-state index contributed by atoms with van der Waals surface area (Å²) in [5.74, 6) is 2.61. The van der Waals surface area contributed by atoms with Crippen LogP contribution < -0.4 is 18.1 Å². The molecule has 1 aliphatic heterocycles. The lowest BCUT2D eigenvalue weighted by molar-refractivity contribution is -0.165. The maximum absolute atomic E-state index is 10.4. The molecule has 2 atom stereocenters. The number of hydrogen-bond acceptors (Lipinski definition) is 4. The van der Waals surface area contributed by atoms with Crippen LogP contribution in [-0.4, -0.2) is 22.9 Å². The Morgan fingerprint density at radius 1 is 1.04 bits per heavy atom. The molecule has 4 aliphatic carbocycles. The molecule has 1 aromatic carbocycles. The predicted molar refractivity (Wildman–Crippen MR) is 90.7 cm³/mol. The van der Waals surface area contributed by atoms with Gasteiger partial charge in [-0.1, -0.05) is 6.07 Å². The van der Waals surface area contributed by atoms with Gasteiger partial charge in [-0.05, 0) is 73.3 Å². The van der Waals surface area contributed by atoms with Crippen LogP contribution in [-0.2, 0) is 11.2 Å². The zero-order valence-corrected chi connectivity index (χ0v) is 15.2. The standard InChI is InChI=1S/C20H27NO3.ClH/c21-10-17-14-1-2-16(22)19(23)15(14)6-18(24-17)20-7-11-3-12(8-20)5-13(4-11)9-20;/h1-2,11-13,17-18,22-23H,3-10,21H2;1H/p-1/t11?,12?,13?,17-,18-,20?;/m0./s1. The number of phenolic OH excluding ortho intramolecular Hbond substituents is 2. The number of fused-ring (bicyclic) bond motifs is 1. The summed E-state index contributed by atoms with van der Waals surface area (Å²) in [5.41, 5.74) is 8.06.